The Hall–Kier alpha value is -0.370. The van der Waals surface area contributed by atoms with Gasteiger partial charge in [-0.1, -0.05) is 34.6 Å². The van der Waals surface area contributed by atoms with Gasteiger partial charge in [-0.3, -0.25) is 9.69 Å². The minimum Gasteiger partial charge on any atom is -0.299 e. The molecule has 0 heterocycles. The van der Waals surface area contributed by atoms with Gasteiger partial charge in [0.2, 0.25) is 0 Å². The van der Waals surface area contributed by atoms with Gasteiger partial charge in [-0.15, -0.1) is 0 Å². The Kier molecular flexibility index (Phi) is 6.82. The molecule has 0 aromatic rings. The molecule has 1 atom stereocenters. The highest BCUT2D eigenvalue weighted by molar-refractivity contribution is 5.82. The van der Waals surface area contributed by atoms with E-state index in [-0.39, 0.29) is 5.92 Å². The fourth-order valence-electron chi connectivity index (χ4n) is 1.95. The molecule has 0 saturated heterocycles. The average Bonchev–Trinajstić information content (AvgIpc) is 2.00. The first kappa shape index (κ1) is 14.6. The van der Waals surface area contributed by atoms with Crippen molar-refractivity contribution < 1.29 is 4.79 Å². The second-order valence-electron chi connectivity index (χ2n) is 5.59. The van der Waals surface area contributed by atoms with E-state index in [1.807, 2.05) is 14.0 Å². The molecule has 0 spiro atoms. The predicted octanol–water partition coefficient (Wildman–Crippen LogP) is 2.83. The molecule has 0 saturated carbocycles. The first-order chi connectivity index (χ1) is 6.82. The molecule has 0 aliphatic carbocycles. The number of rotatable bonds is 7. The van der Waals surface area contributed by atoms with Crippen LogP contribution in [0.15, 0.2) is 0 Å². The van der Waals surface area contributed by atoms with E-state index in [0.29, 0.717) is 24.2 Å². The lowest BCUT2D eigenvalue weighted by Crippen LogP contribution is -2.32. The fourth-order valence-corrected chi connectivity index (χ4v) is 1.95. The molecule has 0 N–H and O–H groups in total. The monoisotopic (exact) mass is 213 g/mol. The summed E-state index contributed by atoms with van der Waals surface area (Å²) in [6, 6.07) is 0. The number of hydrogen-bond donors (Lipinski definition) is 0. The van der Waals surface area contributed by atoms with E-state index < -0.39 is 0 Å². The van der Waals surface area contributed by atoms with Crippen LogP contribution in [0, 0.1) is 17.8 Å². The lowest BCUT2D eigenvalue weighted by atomic mass is 9.95. The van der Waals surface area contributed by atoms with E-state index in [2.05, 4.69) is 32.6 Å². The maximum absolute atomic E-state index is 11.8. The molecule has 2 heteroatoms. The lowest BCUT2D eigenvalue weighted by molar-refractivity contribution is -0.123. The van der Waals surface area contributed by atoms with Crippen molar-refractivity contribution in [2.45, 2.75) is 41.0 Å². The second-order valence-corrected chi connectivity index (χ2v) is 5.59. The van der Waals surface area contributed by atoms with Crippen LogP contribution >= 0.6 is 0 Å². The van der Waals surface area contributed by atoms with Crippen molar-refractivity contribution in [1.82, 2.24) is 4.90 Å². The Morgan fingerprint density at radius 2 is 1.60 bits per heavy atom. The number of ketones is 1. The summed E-state index contributed by atoms with van der Waals surface area (Å²) < 4.78 is 0. The fraction of sp³-hybridized carbons (Fsp3) is 0.923. The van der Waals surface area contributed by atoms with Gasteiger partial charge in [0.05, 0.1) is 6.54 Å². The van der Waals surface area contributed by atoms with Gasteiger partial charge in [0.25, 0.3) is 0 Å². The second kappa shape index (κ2) is 7.00. The van der Waals surface area contributed by atoms with Crippen molar-refractivity contribution in [3.05, 3.63) is 0 Å². The van der Waals surface area contributed by atoms with Crippen LogP contribution < -0.4 is 0 Å². The van der Waals surface area contributed by atoms with Gasteiger partial charge in [0.15, 0.2) is 0 Å². The van der Waals surface area contributed by atoms with Crippen molar-refractivity contribution in [2.24, 2.45) is 17.8 Å². The molecule has 0 fully saturated rings. The van der Waals surface area contributed by atoms with Gasteiger partial charge < -0.3 is 0 Å². The molecule has 0 radical (unpaired) electrons. The van der Waals surface area contributed by atoms with Crippen LogP contribution in [0.25, 0.3) is 0 Å². The molecule has 1 unspecified atom stereocenters. The summed E-state index contributed by atoms with van der Waals surface area (Å²) in [5, 5.41) is 0. The average molecular weight is 213 g/mol. The first-order valence-electron chi connectivity index (χ1n) is 6.04. The molecule has 0 aliphatic heterocycles. The van der Waals surface area contributed by atoms with Gasteiger partial charge >= 0.3 is 0 Å². The molecule has 0 aromatic carbocycles. The molecular weight excluding hydrogens is 186 g/mol. The van der Waals surface area contributed by atoms with Crippen LogP contribution in [-0.4, -0.2) is 30.8 Å². The van der Waals surface area contributed by atoms with Crippen LogP contribution in [0.4, 0.5) is 0 Å². The van der Waals surface area contributed by atoms with Crippen molar-refractivity contribution in [3.63, 3.8) is 0 Å². The van der Waals surface area contributed by atoms with E-state index in [1.165, 1.54) is 0 Å². The largest absolute Gasteiger partial charge is 0.299 e. The van der Waals surface area contributed by atoms with Crippen molar-refractivity contribution >= 4 is 5.78 Å². The summed E-state index contributed by atoms with van der Waals surface area (Å²) in [6.07, 6.45) is 1.01. The predicted molar refractivity (Wildman–Crippen MR) is 66.0 cm³/mol. The topological polar surface area (TPSA) is 20.3 Å². The molecule has 0 amide bonds. The third kappa shape index (κ3) is 7.55. The maximum atomic E-state index is 11.8. The Morgan fingerprint density at radius 1 is 1.07 bits per heavy atom. The van der Waals surface area contributed by atoms with E-state index in [1.54, 1.807) is 0 Å². The summed E-state index contributed by atoms with van der Waals surface area (Å²) in [5.74, 6) is 1.83. The van der Waals surface area contributed by atoms with E-state index >= 15 is 0 Å². The quantitative estimate of drug-likeness (QED) is 0.648. The van der Waals surface area contributed by atoms with Gasteiger partial charge in [-0.05, 0) is 25.3 Å². The molecule has 0 bridgehead atoms. The molecule has 0 rings (SSSR count). The zero-order valence-corrected chi connectivity index (χ0v) is 11.2. The normalized spacial score (nSPS) is 13.9. The zero-order valence-electron chi connectivity index (χ0n) is 11.2. The Bertz CT molecular complexity index is 187. The molecular formula is C13H27NO. The van der Waals surface area contributed by atoms with Crippen molar-refractivity contribution in [2.75, 3.05) is 20.1 Å². The van der Waals surface area contributed by atoms with Crippen LogP contribution in [0.5, 0.6) is 0 Å². The zero-order chi connectivity index (χ0) is 12.0. The SMILES string of the molecule is CC(C)CC(C)C(=O)CN(C)CC(C)C. The molecule has 0 aromatic heterocycles. The maximum Gasteiger partial charge on any atom is 0.149 e. The van der Waals surface area contributed by atoms with E-state index in [0.717, 1.165) is 13.0 Å². The number of nitrogens with zero attached hydrogens (tertiary/aromatic N) is 1. The molecule has 2 nitrogen and oxygen atoms in total. The molecule has 15 heavy (non-hydrogen) atoms. The van der Waals surface area contributed by atoms with Crippen LogP contribution in [-0.2, 0) is 4.79 Å². The molecule has 0 aliphatic rings. The number of Topliss-reactive ketones (excluding diaryl/α,β-unsaturated/α-hetero) is 1. The first-order valence-corrected chi connectivity index (χ1v) is 6.04. The summed E-state index contributed by atoms with van der Waals surface area (Å²) >= 11 is 0. The number of likely N-dealkylation sites (N-methyl/N-ethyl adjacent to an activating group) is 1. The van der Waals surface area contributed by atoms with Crippen LogP contribution in [0.3, 0.4) is 0 Å². The van der Waals surface area contributed by atoms with Gasteiger partial charge in [-0.25, -0.2) is 0 Å². The number of carbonyl (C=O) groups is 1. The van der Waals surface area contributed by atoms with E-state index in [4.69, 9.17) is 0 Å². The highest BCUT2D eigenvalue weighted by Gasteiger charge is 2.16. The van der Waals surface area contributed by atoms with Gasteiger partial charge in [0, 0.05) is 12.5 Å². The number of hydrogen-bond acceptors (Lipinski definition) is 2. The lowest BCUT2D eigenvalue weighted by Gasteiger charge is -2.20. The summed E-state index contributed by atoms with van der Waals surface area (Å²) in [4.78, 5) is 14.0. The number of carbonyl (C=O) groups excluding carboxylic acids is 1. The van der Waals surface area contributed by atoms with Crippen LogP contribution in [0.1, 0.15) is 41.0 Å². The summed E-state index contributed by atoms with van der Waals surface area (Å²) in [7, 11) is 2.03. The summed E-state index contributed by atoms with van der Waals surface area (Å²) in [6.45, 7) is 12.3. The highest BCUT2D eigenvalue weighted by atomic mass is 16.1. The Morgan fingerprint density at radius 3 is 2.00 bits per heavy atom. The van der Waals surface area contributed by atoms with Crippen molar-refractivity contribution in [1.29, 1.82) is 0 Å². The minimum absolute atomic E-state index is 0.208. The van der Waals surface area contributed by atoms with Gasteiger partial charge in [0.1, 0.15) is 5.78 Å². The van der Waals surface area contributed by atoms with Crippen LogP contribution in [0.2, 0.25) is 0 Å². The van der Waals surface area contributed by atoms with E-state index in [9.17, 15) is 4.79 Å². The third-order valence-electron chi connectivity index (χ3n) is 2.48. The molecule has 90 valence electrons. The Balaban J connectivity index is 3.90. The highest BCUT2D eigenvalue weighted by Crippen LogP contribution is 2.12. The smallest absolute Gasteiger partial charge is 0.149 e. The summed E-state index contributed by atoms with van der Waals surface area (Å²) in [5.41, 5.74) is 0. The van der Waals surface area contributed by atoms with Gasteiger partial charge in [-0.2, -0.15) is 0 Å². The minimum atomic E-state index is 0.208. The third-order valence-corrected chi connectivity index (χ3v) is 2.48. The Labute approximate surface area is 95.0 Å². The van der Waals surface area contributed by atoms with Crippen molar-refractivity contribution in [3.8, 4) is 0 Å². The standard InChI is InChI=1S/C13H27NO/c1-10(2)7-12(5)13(15)9-14(6)8-11(3)4/h10-12H,7-9H2,1-6H3.